The van der Waals surface area contributed by atoms with Gasteiger partial charge in [-0.1, -0.05) is 58.7 Å². The van der Waals surface area contributed by atoms with Gasteiger partial charge in [0.2, 0.25) is 5.91 Å². The van der Waals surface area contributed by atoms with Crippen LogP contribution in [0.4, 0.5) is 5.69 Å². The monoisotopic (exact) mass is 577 g/mol. The number of nitrogens with one attached hydrogen (secondary N) is 2. The largest absolute Gasteiger partial charge is 0.495 e. The fourth-order valence-electron chi connectivity index (χ4n) is 4.37. The van der Waals surface area contributed by atoms with Gasteiger partial charge < -0.3 is 20.1 Å². The van der Waals surface area contributed by atoms with Crippen molar-refractivity contribution in [2.45, 2.75) is 25.2 Å². The lowest BCUT2D eigenvalue weighted by atomic mass is 9.77. The lowest BCUT2D eigenvalue weighted by molar-refractivity contribution is -0.116. The first kappa shape index (κ1) is 27.2. The summed E-state index contributed by atoms with van der Waals surface area (Å²) < 4.78 is 10.6. The van der Waals surface area contributed by atoms with Gasteiger partial charge in [0.25, 0.3) is 0 Å². The van der Waals surface area contributed by atoms with Crippen LogP contribution in [0.25, 0.3) is 0 Å². The molecule has 2 aromatic carbocycles. The highest BCUT2D eigenvalue weighted by molar-refractivity contribution is 8.03. The number of Topliss-reactive ketones (excluding diaryl/α,β-unsaturated/α-hetero) is 1. The van der Waals surface area contributed by atoms with E-state index in [0.29, 0.717) is 73.3 Å². The average molecular weight is 579 g/mol. The van der Waals surface area contributed by atoms with Crippen molar-refractivity contribution >= 4 is 63.9 Å². The van der Waals surface area contributed by atoms with Gasteiger partial charge in [0, 0.05) is 29.8 Å². The maximum absolute atomic E-state index is 13.0. The van der Waals surface area contributed by atoms with E-state index in [1.807, 2.05) is 0 Å². The van der Waals surface area contributed by atoms with Crippen molar-refractivity contribution in [1.82, 2.24) is 5.32 Å². The lowest BCUT2D eigenvalue weighted by Crippen LogP contribution is -2.32. The Morgan fingerprint density at radius 2 is 1.92 bits per heavy atom. The molecule has 2 aromatic rings. The molecule has 4 rings (SSSR count). The number of hydrogen-bond acceptors (Lipinski definition) is 7. The van der Waals surface area contributed by atoms with E-state index in [9.17, 15) is 14.9 Å². The van der Waals surface area contributed by atoms with Crippen LogP contribution in [0.15, 0.2) is 52.2 Å². The van der Waals surface area contributed by atoms with Crippen molar-refractivity contribution in [2.75, 3.05) is 25.3 Å². The molecule has 37 heavy (non-hydrogen) atoms. The molecule has 1 unspecified atom stereocenters. The number of nitriles is 1. The Bertz CT molecular complexity index is 1380. The molecule has 1 amide bonds. The zero-order valence-electron chi connectivity index (χ0n) is 19.9. The molecule has 11 heteroatoms. The maximum Gasteiger partial charge on any atom is 0.234 e. The number of hydrogen-bond donors (Lipinski definition) is 2. The van der Waals surface area contributed by atoms with E-state index in [1.165, 1.54) is 14.2 Å². The number of nitrogens with zero attached hydrogens (tertiary/aromatic N) is 1. The number of rotatable bonds is 7. The fourth-order valence-corrected chi connectivity index (χ4v) is 5.88. The molecule has 0 saturated heterocycles. The van der Waals surface area contributed by atoms with Gasteiger partial charge in [0.05, 0.1) is 63.3 Å². The van der Waals surface area contributed by atoms with Gasteiger partial charge >= 0.3 is 0 Å². The molecule has 0 saturated carbocycles. The van der Waals surface area contributed by atoms with E-state index in [4.69, 9.17) is 44.3 Å². The molecule has 2 aliphatic rings. The minimum atomic E-state index is -0.675. The van der Waals surface area contributed by atoms with Crippen LogP contribution >= 0.6 is 46.6 Å². The number of carbonyl (C=O) groups excluding carboxylic acids is 2. The van der Waals surface area contributed by atoms with Crippen LogP contribution in [-0.4, -0.2) is 31.7 Å². The van der Waals surface area contributed by atoms with Crippen LogP contribution < -0.4 is 20.1 Å². The number of amides is 1. The molecule has 0 spiro atoms. The summed E-state index contributed by atoms with van der Waals surface area (Å²) in [7, 11) is 2.94. The van der Waals surface area contributed by atoms with E-state index >= 15 is 0 Å². The number of benzene rings is 2. The first-order valence-electron chi connectivity index (χ1n) is 11.2. The van der Waals surface area contributed by atoms with Crippen molar-refractivity contribution in [3.8, 4) is 17.6 Å². The van der Waals surface area contributed by atoms with Crippen molar-refractivity contribution in [2.24, 2.45) is 0 Å². The van der Waals surface area contributed by atoms with Gasteiger partial charge in [-0.15, -0.1) is 0 Å². The molecular weight excluding hydrogens is 557 g/mol. The van der Waals surface area contributed by atoms with Gasteiger partial charge in [0.1, 0.15) is 11.5 Å². The molecular formula is C26H22Cl3N3O4S. The Morgan fingerprint density at radius 3 is 2.62 bits per heavy atom. The fraction of sp³-hybridized carbons (Fsp3) is 0.269. The summed E-state index contributed by atoms with van der Waals surface area (Å²) in [5.41, 5.74) is 2.55. The third-order valence-electron chi connectivity index (χ3n) is 6.05. The molecule has 0 fully saturated rings. The van der Waals surface area contributed by atoms with Crippen LogP contribution in [0, 0.1) is 11.3 Å². The standard InChI is InChI=1S/C26H22Cl3N3O4S/c1-35-20-10-18(21(36-2)9-16(20)28)31-22(34)12-37-26-14(11-30)23(13-5-3-6-15(27)25(13)29)24-17(32-26)7-4-8-19(24)33/h3,5-6,9-10,23,32H,4,7-8,12H2,1-2H3,(H,31,34). The quantitative estimate of drug-likeness (QED) is 0.389. The summed E-state index contributed by atoms with van der Waals surface area (Å²) in [6.07, 6.45) is 1.73. The Kier molecular flexibility index (Phi) is 8.60. The van der Waals surface area contributed by atoms with Crippen LogP contribution in [0.1, 0.15) is 30.7 Å². The summed E-state index contributed by atoms with van der Waals surface area (Å²) in [5.74, 6) is -0.302. The predicted octanol–water partition coefficient (Wildman–Crippen LogP) is 6.46. The normalized spacial score (nSPS) is 17.1. The molecule has 192 valence electrons. The molecule has 0 aromatic heterocycles. The molecule has 1 heterocycles. The number of allylic oxidation sites excluding steroid dienone is 3. The Morgan fingerprint density at radius 1 is 1.16 bits per heavy atom. The third-order valence-corrected chi connectivity index (χ3v) is 8.20. The number of ether oxygens (including phenoxy) is 2. The van der Waals surface area contributed by atoms with E-state index in [2.05, 4.69) is 16.7 Å². The molecule has 2 N–H and O–H groups in total. The van der Waals surface area contributed by atoms with Crippen LogP contribution in [0.5, 0.6) is 11.5 Å². The summed E-state index contributed by atoms with van der Waals surface area (Å²) in [4.78, 5) is 25.9. The SMILES string of the molecule is COc1cc(NC(=O)CSC2=C(C#N)C(c3cccc(Cl)c3Cl)C3=C(CCCC3=O)N2)c(OC)cc1Cl. The van der Waals surface area contributed by atoms with Gasteiger partial charge in [-0.25, -0.2) is 0 Å². The highest BCUT2D eigenvalue weighted by Gasteiger charge is 2.38. The summed E-state index contributed by atoms with van der Waals surface area (Å²) in [6.45, 7) is 0. The molecule has 1 aliphatic heterocycles. The van der Waals surface area contributed by atoms with Crippen molar-refractivity contribution < 1.29 is 19.1 Å². The molecule has 1 atom stereocenters. The lowest BCUT2D eigenvalue weighted by Gasteiger charge is -2.33. The minimum absolute atomic E-state index is 0.0197. The van der Waals surface area contributed by atoms with E-state index in [1.54, 1.807) is 30.3 Å². The number of dihydropyridines is 1. The Labute approximate surface area is 233 Å². The van der Waals surface area contributed by atoms with Crippen LogP contribution in [-0.2, 0) is 9.59 Å². The Hall–Kier alpha value is -2.83. The van der Waals surface area contributed by atoms with Gasteiger partial charge in [-0.2, -0.15) is 5.26 Å². The molecule has 7 nitrogen and oxygen atoms in total. The first-order chi connectivity index (χ1) is 17.8. The number of thioether (sulfide) groups is 1. The molecule has 0 bridgehead atoms. The van der Waals surface area contributed by atoms with Crippen molar-refractivity contribution in [3.05, 3.63) is 72.8 Å². The van der Waals surface area contributed by atoms with Crippen molar-refractivity contribution in [1.29, 1.82) is 5.26 Å². The second-order valence-corrected chi connectivity index (χ2v) is 10.4. The predicted molar refractivity (Wildman–Crippen MR) is 147 cm³/mol. The average Bonchev–Trinajstić information content (AvgIpc) is 2.89. The highest BCUT2D eigenvalue weighted by atomic mass is 35.5. The summed E-state index contributed by atoms with van der Waals surface area (Å²) in [5, 5.41) is 17.7. The topological polar surface area (TPSA) is 100 Å². The number of halogens is 3. The van der Waals surface area contributed by atoms with Crippen molar-refractivity contribution in [3.63, 3.8) is 0 Å². The zero-order chi connectivity index (χ0) is 26.7. The zero-order valence-corrected chi connectivity index (χ0v) is 23.0. The second kappa shape index (κ2) is 11.7. The van der Waals surface area contributed by atoms with E-state index in [-0.39, 0.29) is 17.4 Å². The smallest absolute Gasteiger partial charge is 0.234 e. The maximum atomic E-state index is 13.0. The minimum Gasteiger partial charge on any atom is -0.495 e. The van der Waals surface area contributed by atoms with E-state index in [0.717, 1.165) is 17.5 Å². The number of anilines is 1. The van der Waals surface area contributed by atoms with Gasteiger partial charge in [0.15, 0.2) is 5.78 Å². The molecule has 0 radical (unpaired) electrons. The second-order valence-electron chi connectivity index (χ2n) is 8.25. The summed E-state index contributed by atoms with van der Waals surface area (Å²) >= 11 is 20.1. The first-order valence-corrected chi connectivity index (χ1v) is 13.4. The number of ketones is 1. The number of carbonyl (C=O) groups is 2. The molecule has 1 aliphatic carbocycles. The van der Waals surface area contributed by atoms with E-state index < -0.39 is 5.92 Å². The van der Waals surface area contributed by atoms with Crippen LogP contribution in [0.2, 0.25) is 15.1 Å². The van der Waals surface area contributed by atoms with Crippen LogP contribution in [0.3, 0.4) is 0 Å². The third kappa shape index (κ3) is 5.55. The summed E-state index contributed by atoms with van der Waals surface area (Å²) in [6, 6.07) is 10.5. The number of methoxy groups -OCH3 is 2. The van der Waals surface area contributed by atoms with Gasteiger partial charge in [-0.3, -0.25) is 9.59 Å². The highest BCUT2D eigenvalue weighted by Crippen LogP contribution is 2.47. The Balaban J connectivity index is 1.64. The van der Waals surface area contributed by atoms with Gasteiger partial charge in [-0.05, 0) is 24.5 Å².